The number of carbonyl (C=O) groups excluding carboxylic acids is 1. The Kier molecular flexibility index (Phi) is 4.80. The van der Waals surface area contributed by atoms with Crippen LogP contribution in [0.5, 0.6) is 0 Å². The van der Waals surface area contributed by atoms with Crippen LogP contribution in [0.15, 0.2) is 18.2 Å². The lowest BCUT2D eigenvalue weighted by Crippen LogP contribution is -2.32. The van der Waals surface area contributed by atoms with Gasteiger partial charge in [-0.3, -0.25) is 4.79 Å². The fourth-order valence-corrected chi connectivity index (χ4v) is 2.16. The van der Waals surface area contributed by atoms with Gasteiger partial charge in [-0.05, 0) is 25.0 Å². The number of nitrogens with two attached hydrogens (primary N) is 1. The van der Waals surface area contributed by atoms with E-state index in [1.54, 1.807) is 11.0 Å². The topological polar surface area (TPSA) is 46.3 Å². The van der Waals surface area contributed by atoms with Crippen molar-refractivity contribution in [3.05, 3.63) is 34.3 Å². The Morgan fingerprint density at radius 2 is 2.24 bits per heavy atom. The number of likely N-dealkylation sites (tertiary alicyclic amines) is 1. The summed E-state index contributed by atoms with van der Waals surface area (Å²) in [4.78, 5) is 13.9. The summed E-state index contributed by atoms with van der Waals surface area (Å²) in [5.74, 6) is -0.0124. The van der Waals surface area contributed by atoms with E-state index in [0.717, 1.165) is 18.5 Å². The van der Waals surface area contributed by atoms with Crippen LogP contribution in [-0.4, -0.2) is 29.9 Å². The summed E-state index contributed by atoms with van der Waals surface area (Å²) in [6, 6.07) is 5.62. The molecule has 0 radical (unpaired) electrons. The summed E-state index contributed by atoms with van der Waals surface area (Å²) in [7, 11) is 0. The smallest absolute Gasteiger partial charge is 0.255 e. The van der Waals surface area contributed by atoms with E-state index in [1.807, 2.05) is 19.1 Å². The molecule has 2 rings (SSSR count). The average molecular weight is 275 g/mol. The van der Waals surface area contributed by atoms with E-state index in [4.69, 9.17) is 17.3 Å². The summed E-state index contributed by atoms with van der Waals surface area (Å²) in [6.45, 7) is 3.25. The van der Waals surface area contributed by atoms with E-state index in [1.165, 1.54) is 0 Å². The second kappa shape index (κ2) is 5.71. The molecule has 1 saturated heterocycles. The normalized spacial score (nSPS) is 19.0. The number of nitrogens with zero attached hydrogens (tertiary/aromatic N) is 1. The van der Waals surface area contributed by atoms with Crippen LogP contribution in [0.25, 0.3) is 0 Å². The van der Waals surface area contributed by atoms with Gasteiger partial charge in [0.05, 0.1) is 10.6 Å². The van der Waals surface area contributed by atoms with Gasteiger partial charge < -0.3 is 10.6 Å². The molecule has 1 atom stereocenters. The zero-order valence-corrected chi connectivity index (χ0v) is 11.2. The van der Waals surface area contributed by atoms with Crippen molar-refractivity contribution in [2.24, 2.45) is 5.73 Å². The van der Waals surface area contributed by atoms with E-state index in [-0.39, 0.29) is 24.4 Å². The predicted molar refractivity (Wildman–Crippen MR) is 71.9 cm³/mol. The molecule has 1 aliphatic heterocycles. The SMILES string of the molecule is Cc1cccc(C(=O)N2CCC(N)C2)c1Cl.Cl. The maximum absolute atomic E-state index is 12.2. The lowest BCUT2D eigenvalue weighted by Gasteiger charge is -2.17. The monoisotopic (exact) mass is 274 g/mol. The second-order valence-electron chi connectivity index (χ2n) is 4.24. The lowest BCUT2D eigenvalue weighted by atomic mass is 10.1. The molecule has 0 saturated carbocycles. The summed E-state index contributed by atoms with van der Waals surface area (Å²) in [5, 5.41) is 0.549. The van der Waals surface area contributed by atoms with Crippen LogP contribution in [0.3, 0.4) is 0 Å². The van der Waals surface area contributed by atoms with Crippen molar-refractivity contribution in [1.82, 2.24) is 4.90 Å². The molecule has 94 valence electrons. The van der Waals surface area contributed by atoms with Crippen molar-refractivity contribution in [2.45, 2.75) is 19.4 Å². The van der Waals surface area contributed by atoms with Crippen LogP contribution in [0.4, 0.5) is 0 Å². The zero-order chi connectivity index (χ0) is 11.7. The fourth-order valence-electron chi connectivity index (χ4n) is 1.95. The number of aryl methyl sites for hydroxylation is 1. The Morgan fingerprint density at radius 1 is 1.53 bits per heavy atom. The van der Waals surface area contributed by atoms with Gasteiger partial charge in [-0.15, -0.1) is 12.4 Å². The Balaban J connectivity index is 0.00000144. The number of hydrogen-bond acceptors (Lipinski definition) is 2. The molecule has 5 heteroatoms. The third-order valence-corrected chi connectivity index (χ3v) is 3.44. The van der Waals surface area contributed by atoms with Crippen molar-refractivity contribution in [3.8, 4) is 0 Å². The second-order valence-corrected chi connectivity index (χ2v) is 4.61. The summed E-state index contributed by atoms with van der Waals surface area (Å²) in [5.41, 5.74) is 7.29. The first kappa shape index (κ1) is 14.3. The number of hydrogen-bond donors (Lipinski definition) is 1. The van der Waals surface area contributed by atoms with E-state index in [9.17, 15) is 4.79 Å². The van der Waals surface area contributed by atoms with Crippen molar-refractivity contribution in [1.29, 1.82) is 0 Å². The van der Waals surface area contributed by atoms with Gasteiger partial charge in [-0.2, -0.15) is 0 Å². The van der Waals surface area contributed by atoms with Crippen molar-refractivity contribution >= 4 is 29.9 Å². The van der Waals surface area contributed by atoms with Crippen LogP contribution in [0.1, 0.15) is 22.3 Å². The molecule has 1 fully saturated rings. The van der Waals surface area contributed by atoms with Gasteiger partial charge >= 0.3 is 0 Å². The minimum atomic E-state index is -0.0124. The number of halogens is 2. The minimum Gasteiger partial charge on any atom is -0.337 e. The van der Waals surface area contributed by atoms with Gasteiger partial charge in [0.1, 0.15) is 0 Å². The Bertz CT molecular complexity index is 423. The third kappa shape index (κ3) is 2.92. The molecular formula is C12H16Cl2N2O. The number of rotatable bonds is 1. The number of amides is 1. The summed E-state index contributed by atoms with van der Waals surface area (Å²) < 4.78 is 0. The number of carbonyl (C=O) groups is 1. The molecule has 17 heavy (non-hydrogen) atoms. The van der Waals surface area contributed by atoms with Crippen LogP contribution >= 0.6 is 24.0 Å². The summed E-state index contributed by atoms with van der Waals surface area (Å²) in [6.07, 6.45) is 0.870. The van der Waals surface area contributed by atoms with Gasteiger partial charge in [-0.1, -0.05) is 23.7 Å². The van der Waals surface area contributed by atoms with Gasteiger partial charge in [0.15, 0.2) is 0 Å². The van der Waals surface area contributed by atoms with E-state index in [0.29, 0.717) is 17.1 Å². The predicted octanol–water partition coefficient (Wildman–Crippen LogP) is 2.24. The molecule has 3 nitrogen and oxygen atoms in total. The first-order valence-corrected chi connectivity index (χ1v) is 5.77. The maximum Gasteiger partial charge on any atom is 0.255 e. The van der Waals surface area contributed by atoms with Crippen molar-refractivity contribution in [2.75, 3.05) is 13.1 Å². The highest BCUT2D eigenvalue weighted by Crippen LogP contribution is 2.23. The molecule has 0 aromatic heterocycles. The standard InChI is InChI=1S/C12H15ClN2O.ClH/c1-8-3-2-4-10(11(8)13)12(16)15-6-5-9(14)7-15;/h2-4,9H,5-7,14H2,1H3;1H. The molecular weight excluding hydrogens is 259 g/mol. The molecule has 0 aliphatic carbocycles. The van der Waals surface area contributed by atoms with Gasteiger partial charge in [0.2, 0.25) is 0 Å². The zero-order valence-electron chi connectivity index (χ0n) is 9.65. The van der Waals surface area contributed by atoms with Crippen LogP contribution < -0.4 is 5.73 Å². The molecule has 1 amide bonds. The Morgan fingerprint density at radius 3 is 2.82 bits per heavy atom. The molecule has 1 unspecified atom stereocenters. The van der Waals surface area contributed by atoms with Crippen LogP contribution in [0, 0.1) is 6.92 Å². The first-order valence-electron chi connectivity index (χ1n) is 5.39. The van der Waals surface area contributed by atoms with Crippen LogP contribution in [0.2, 0.25) is 5.02 Å². The van der Waals surface area contributed by atoms with Gasteiger partial charge in [0, 0.05) is 19.1 Å². The van der Waals surface area contributed by atoms with Crippen LogP contribution in [-0.2, 0) is 0 Å². The quantitative estimate of drug-likeness (QED) is 0.854. The largest absolute Gasteiger partial charge is 0.337 e. The molecule has 0 bridgehead atoms. The fraction of sp³-hybridized carbons (Fsp3) is 0.417. The molecule has 2 N–H and O–H groups in total. The molecule has 1 aromatic carbocycles. The Labute approximate surface area is 112 Å². The summed E-state index contributed by atoms with van der Waals surface area (Å²) >= 11 is 6.12. The molecule has 1 aliphatic rings. The Hall–Kier alpha value is -0.770. The highest BCUT2D eigenvalue weighted by atomic mass is 35.5. The highest BCUT2D eigenvalue weighted by molar-refractivity contribution is 6.34. The van der Waals surface area contributed by atoms with Gasteiger partial charge in [0.25, 0.3) is 5.91 Å². The molecule has 1 aromatic rings. The minimum absolute atomic E-state index is 0. The third-order valence-electron chi connectivity index (χ3n) is 2.93. The molecule has 1 heterocycles. The highest BCUT2D eigenvalue weighted by Gasteiger charge is 2.25. The lowest BCUT2D eigenvalue weighted by molar-refractivity contribution is 0.0791. The van der Waals surface area contributed by atoms with E-state index < -0.39 is 0 Å². The first-order chi connectivity index (χ1) is 7.59. The van der Waals surface area contributed by atoms with Crippen molar-refractivity contribution in [3.63, 3.8) is 0 Å². The molecule has 0 spiro atoms. The van der Waals surface area contributed by atoms with Crippen molar-refractivity contribution < 1.29 is 4.79 Å². The van der Waals surface area contributed by atoms with Gasteiger partial charge in [-0.25, -0.2) is 0 Å². The average Bonchev–Trinajstić information content (AvgIpc) is 2.68. The van der Waals surface area contributed by atoms with E-state index >= 15 is 0 Å². The maximum atomic E-state index is 12.2. The number of benzene rings is 1. The van der Waals surface area contributed by atoms with E-state index in [2.05, 4.69) is 0 Å².